The molecule has 0 spiro atoms. The van der Waals surface area contributed by atoms with E-state index in [0.717, 1.165) is 18.4 Å². The van der Waals surface area contributed by atoms with Crippen molar-refractivity contribution in [2.45, 2.75) is 117 Å². The summed E-state index contributed by atoms with van der Waals surface area (Å²) < 4.78 is 17.0. The highest BCUT2D eigenvalue weighted by Gasteiger charge is 2.44. The Hall–Kier alpha value is -2.00. The number of carbonyl (C=O) groups excluding carboxylic acids is 2. The van der Waals surface area contributed by atoms with Gasteiger partial charge in [-0.15, -0.1) is 0 Å². The molecule has 2 aliphatic heterocycles. The van der Waals surface area contributed by atoms with Crippen molar-refractivity contribution in [2.75, 3.05) is 0 Å². The fraction of sp³-hybridized carbons (Fsp3) is 0.733. The molecule has 38 heavy (non-hydrogen) atoms. The molecule has 0 aromatic heterocycles. The van der Waals surface area contributed by atoms with Gasteiger partial charge in [0.15, 0.2) is 0 Å². The third-order valence-corrected chi connectivity index (χ3v) is 7.70. The van der Waals surface area contributed by atoms with Crippen molar-refractivity contribution >= 4 is 11.9 Å². The average Bonchev–Trinajstić information content (AvgIpc) is 3.60. The molecular weight excluding hydrogens is 488 g/mol. The number of rotatable bonds is 9. The number of allylic oxidation sites excluding steroid dienone is 3. The van der Waals surface area contributed by atoms with Crippen LogP contribution in [0.4, 0.5) is 0 Å². The fourth-order valence-corrected chi connectivity index (χ4v) is 5.03. The maximum absolute atomic E-state index is 12.6. The van der Waals surface area contributed by atoms with E-state index in [1.807, 2.05) is 45.9 Å². The molecule has 0 aromatic carbocycles. The van der Waals surface area contributed by atoms with E-state index in [0.29, 0.717) is 0 Å². The number of ether oxygens (including phenoxy) is 3. The van der Waals surface area contributed by atoms with Gasteiger partial charge in [0.05, 0.1) is 36.9 Å². The summed E-state index contributed by atoms with van der Waals surface area (Å²) in [6.07, 6.45) is 7.50. The second-order valence-electron chi connectivity index (χ2n) is 11.2. The topological polar surface area (TPSA) is 126 Å². The van der Waals surface area contributed by atoms with E-state index in [9.17, 15) is 24.9 Å². The van der Waals surface area contributed by atoms with Crippen molar-refractivity contribution in [3.63, 3.8) is 0 Å². The molecule has 1 saturated heterocycles. The minimum atomic E-state index is -1.07. The third kappa shape index (κ3) is 9.95. The van der Waals surface area contributed by atoms with Crippen LogP contribution in [0.2, 0.25) is 0 Å². The van der Waals surface area contributed by atoms with Gasteiger partial charge in [0, 0.05) is 31.1 Å². The quantitative estimate of drug-likeness (QED) is 0.175. The zero-order chi connectivity index (χ0) is 28.6. The minimum Gasteiger partial charge on any atom is -0.458 e. The second kappa shape index (κ2) is 15.0. The lowest BCUT2D eigenvalue weighted by atomic mass is 9.90. The number of aliphatic hydroxyl groups excluding tert-OH is 3. The molecule has 8 nitrogen and oxygen atoms in total. The van der Waals surface area contributed by atoms with E-state index in [1.54, 1.807) is 13.0 Å². The SMILES string of the molecule is CCC(O)C(C)C1OC1CC(C)C=CC=C(C)C1OC(=O)CC(O)CC(O)C(C)C(OC(C)=O)C=CC1C. The molecule has 11 atom stereocenters. The smallest absolute Gasteiger partial charge is 0.309 e. The molecule has 0 radical (unpaired) electrons. The van der Waals surface area contributed by atoms with Crippen LogP contribution in [0.5, 0.6) is 0 Å². The number of hydrogen-bond donors (Lipinski definition) is 3. The molecule has 0 amide bonds. The lowest BCUT2D eigenvalue weighted by Gasteiger charge is -2.29. The van der Waals surface area contributed by atoms with Crippen LogP contribution >= 0.6 is 0 Å². The molecule has 11 unspecified atom stereocenters. The van der Waals surface area contributed by atoms with Crippen molar-refractivity contribution in [3.05, 3.63) is 36.0 Å². The van der Waals surface area contributed by atoms with E-state index in [1.165, 1.54) is 6.92 Å². The molecule has 1 fully saturated rings. The highest BCUT2D eigenvalue weighted by Crippen LogP contribution is 2.36. The lowest BCUT2D eigenvalue weighted by molar-refractivity contribution is -0.151. The molecule has 0 aromatic rings. The Morgan fingerprint density at radius 1 is 1.21 bits per heavy atom. The number of esters is 2. The first-order valence-electron chi connectivity index (χ1n) is 13.9. The Labute approximate surface area is 227 Å². The fourth-order valence-electron chi connectivity index (χ4n) is 5.03. The first-order valence-corrected chi connectivity index (χ1v) is 13.9. The first kappa shape index (κ1) is 32.2. The Kier molecular flexibility index (Phi) is 12.7. The molecule has 0 aliphatic carbocycles. The van der Waals surface area contributed by atoms with Crippen LogP contribution in [0.3, 0.4) is 0 Å². The van der Waals surface area contributed by atoms with E-state index < -0.39 is 42.3 Å². The highest BCUT2D eigenvalue weighted by atomic mass is 16.6. The predicted molar refractivity (Wildman–Crippen MR) is 145 cm³/mol. The van der Waals surface area contributed by atoms with Crippen LogP contribution in [0.25, 0.3) is 0 Å². The van der Waals surface area contributed by atoms with Gasteiger partial charge in [0.25, 0.3) is 0 Å². The highest BCUT2D eigenvalue weighted by molar-refractivity contribution is 5.70. The maximum atomic E-state index is 12.6. The zero-order valence-corrected chi connectivity index (χ0v) is 23.9. The Morgan fingerprint density at radius 2 is 1.89 bits per heavy atom. The van der Waals surface area contributed by atoms with E-state index in [4.69, 9.17) is 14.2 Å². The number of cyclic esters (lactones) is 1. The number of aliphatic hydroxyl groups is 3. The standard InChI is InChI=1S/C30H48O8/c1-8-24(33)21(6)30-27(37-30)14-17(2)10-9-11-18(3)29-19(4)12-13-26(36-22(7)31)20(5)25(34)15-23(32)16-28(35)38-29/h9-13,17,19-21,23-27,29-30,32-34H,8,14-16H2,1-7H3. The van der Waals surface area contributed by atoms with Crippen LogP contribution in [-0.2, 0) is 23.8 Å². The summed E-state index contributed by atoms with van der Waals surface area (Å²) >= 11 is 0. The molecule has 0 bridgehead atoms. The summed E-state index contributed by atoms with van der Waals surface area (Å²) in [5.41, 5.74) is 0.836. The maximum Gasteiger partial charge on any atom is 0.309 e. The van der Waals surface area contributed by atoms with Crippen LogP contribution < -0.4 is 0 Å². The summed E-state index contributed by atoms with van der Waals surface area (Å²) in [4.78, 5) is 24.2. The van der Waals surface area contributed by atoms with Crippen LogP contribution in [0.15, 0.2) is 36.0 Å². The van der Waals surface area contributed by atoms with Gasteiger partial charge in [-0.2, -0.15) is 0 Å². The van der Waals surface area contributed by atoms with Gasteiger partial charge in [0.2, 0.25) is 0 Å². The summed E-state index contributed by atoms with van der Waals surface area (Å²) in [6, 6.07) is 0. The van der Waals surface area contributed by atoms with Crippen LogP contribution in [0.1, 0.15) is 74.1 Å². The van der Waals surface area contributed by atoms with Crippen molar-refractivity contribution in [2.24, 2.45) is 23.7 Å². The molecule has 0 saturated carbocycles. The van der Waals surface area contributed by atoms with E-state index >= 15 is 0 Å². The monoisotopic (exact) mass is 536 g/mol. The molecule has 3 N–H and O–H groups in total. The summed E-state index contributed by atoms with van der Waals surface area (Å²) in [6.45, 7) is 13.0. The van der Waals surface area contributed by atoms with Gasteiger partial charge in [-0.05, 0) is 37.3 Å². The third-order valence-electron chi connectivity index (χ3n) is 7.70. The number of hydrogen-bond acceptors (Lipinski definition) is 8. The molecule has 2 rings (SSSR count). The Balaban J connectivity index is 2.11. The molecule has 2 heterocycles. The van der Waals surface area contributed by atoms with Crippen LogP contribution in [-0.4, -0.2) is 70.0 Å². The Bertz CT molecular complexity index is 864. The van der Waals surface area contributed by atoms with Crippen molar-refractivity contribution in [3.8, 4) is 0 Å². The molecule has 2 aliphatic rings. The normalized spacial score (nSPS) is 35.5. The largest absolute Gasteiger partial charge is 0.458 e. The van der Waals surface area contributed by atoms with E-state index in [-0.39, 0.29) is 48.9 Å². The van der Waals surface area contributed by atoms with Crippen LogP contribution in [0, 0.1) is 23.7 Å². The number of carbonyl (C=O) groups is 2. The van der Waals surface area contributed by atoms with Gasteiger partial charge in [0.1, 0.15) is 12.2 Å². The number of epoxide rings is 1. The Morgan fingerprint density at radius 3 is 2.53 bits per heavy atom. The van der Waals surface area contributed by atoms with Gasteiger partial charge >= 0.3 is 11.9 Å². The minimum absolute atomic E-state index is 0.0285. The second-order valence-corrected chi connectivity index (χ2v) is 11.2. The van der Waals surface area contributed by atoms with Crippen molar-refractivity contribution < 1.29 is 39.1 Å². The molecular formula is C30H48O8. The molecule has 216 valence electrons. The molecule has 8 heteroatoms. The van der Waals surface area contributed by atoms with E-state index in [2.05, 4.69) is 13.0 Å². The van der Waals surface area contributed by atoms with Crippen molar-refractivity contribution in [1.29, 1.82) is 0 Å². The van der Waals surface area contributed by atoms with Gasteiger partial charge in [-0.25, -0.2) is 0 Å². The predicted octanol–water partition coefficient (Wildman–Crippen LogP) is 3.88. The lowest BCUT2D eigenvalue weighted by Crippen LogP contribution is -2.36. The van der Waals surface area contributed by atoms with Gasteiger partial charge < -0.3 is 29.5 Å². The first-order chi connectivity index (χ1) is 17.8. The van der Waals surface area contributed by atoms with Gasteiger partial charge in [-0.3, -0.25) is 9.59 Å². The summed E-state index contributed by atoms with van der Waals surface area (Å²) in [5, 5.41) is 30.9. The average molecular weight is 537 g/mol. The van der Waals surface area contributed by atoms with Gasteiger partial charge in [-0.1, -0.05) is 58.9 Å². The zero-order valence-electron chi connectivity index (χ0n) is 23.9. The summed E-state index contributed by atoms with van der Waals surface area (Å²) in [5.74, 6) is -1.31. The summed E-state index contributed by atoms with van der Waals surface area (Å²) in [7, 11) is 0. The van der Waals surface area contributed by atoms with Crippen molar-refractivity contribution in [1.82, 2.24) is 0 Å².